The van der Waals surface area contributed by atoms with Crippen molar-refractivity contribution >= 4 is 34.4 Å². The Morgan fingerprint density at radius 1 is 1.33 bits per heavy atom. The molecule has 0 aliphatic heterocycles. The molecule has 0 radical (unpaired) electrons. The van der Waals surface area contributed by atoms with Crippen molar-refractivity contribution in [3.63, 3.8) is 0 Å². The summed E-state index contributed by atoms with van der Waals surface area (Å²) in [6.07, 6.45) is 0. The average molecular weight is 279 g/mol. The highest BCUT2D eigenvalue weighted by Crippen LogP contribution is 2.20. The van der Waals surface area contributed by atoms with Crippen molar-refractivity contribution in [3.05, 3.63) is 56.0 Å². The van der Waals surface area contributed by atoms with Gasteiger partial charge in [0, 0.05) is 27.2 Å². The number of nitrogen functional groups attached to an aromatic ring is 1. The lowest BCUT2D eigenvalue weighted by Gasteiger charge is -2.07. The number of carbonyl (C=O) groups is 1. The van der Waals surface area contributed by atoms with E-state index in [-0.39, 0.29) is 5.78 Å². The zero-order valence-electron chi connectivity index (χ0n) is 9.66. The lowest BCUT2D eigenvalue weighted by Crippen LogP contribution is -2.11. The summed E-state index contributed by atoms with van der Waals surface area (Å²) in [6.45, 7) is 1.74. The maximum Gasteiger partial charge on any atom is 0.195 e. The van der Waals surface area contributed by atoms with E-state index >= 15 is 0 Å². The number of anilines is 1. The quantitative estimate of drug-likeness (QED) is 0.829. The largest absolute Gasteiger partial charge is 0.398 e. The molecule has 0 saturated heterocycles. The fourth-order valence-electron chi connectivity index (χ4n) is 1.53. The number of halogens is 1. The molecule has 5 heteroatoms. The lowest BCUT2D eigenvalue weighted by molar-refractivity contribution is 0.104. The normalized spacial score (nSPS) is 10.3. The molecule has 0 atom stereocenters. The van der Waals surface area contributed by atoms with Crippen LogP contribution in [-0.2, 0) is 0 Å². The topological polar surface area (TPSA) is 66.9 Å². The minimum absolute atomic E-state index is 0.150. The molecule has 0 bridgehead atoms. The number of hydrogen-bond acceptors (Lipinski definition) is 4. The first kappa shape index (κ1) is 12.8. The maximum absolute atomic E-state index is 12.3. The Morgan fingerprint density at radius 2 is 1.94 bits per heavy atom. The van der Waals surface area contributed by atoms with E-state index in [0.717, 1.165) is 0 Å². The number of nitrogens with one attached hydrogen (secondary N) is 1. The second-order valence-corrected chi connectivity index (χ2v) is 5.17. The third-order valence-electron chi connectivity index (χ3n) is 2.68. The van der Waals surface area contributed by atoms with Gasteiger partial charge in [0.05, 0.1) is 5.56 Å². The van der Waals surface area contributed by atoms with Gasteiger partial charge < -0.3 is 5.73 Å². The zero-order chi connectivity index (χ0) is 13.3. The van der Waals surface area contributed by atoms with Crippen LogP contribution in [0.4, 0.5) is 5.69 Å². The Hall–Kier alpha value is -1.65. The number of nitrogens with two attached hydrogens (primary N) is 1. The van der Waals surface area contributed by atoms with Crippen LogP contribution >= 0.6 is 22.9 Å². The number of ketones is 1. The molecule has 3 N–H and O–H groups in total. The molecule has 0 fully saturated rings. The number of benzene rings is 1. The molecule has 1 heterocycles. The van der Waals surface area contributed by atoms with Crippen LogP contribution in [0.15, 0.2) is 29.6 Å². The van der Waals surface area contributed by atoms with E-state index in [9.17, 15) is 4.79 Å². The Bertz CT molecular complexity index is 662. The van der Waals surface area contributed by atoms with Gasteiger partial charge in [0.15, 0.2) is 5.78 Å². The van der Waals surface area contributed by atoms with Crippen LogP contribution in [0, 0.1) is 12.3 Å². The Morgan fingerprint density at radius 3 is 2.56 bits per heavy atom. The first-order valence-electron chi connectivity index (χ1n) is 5.23. The van der Waals surface area contributed by atoms with Crippen molar-refractivity contribution in [3.8, 4) is 0 Å². The van der Waals surface area contributed by atoms with Crippen molar-refractivity contribution in [2.75, 3.05) is 5.73 Å². The van der Waals surface area contributed by atoms with Crippen LogP contribution in [0.2, 0.25) is 5.02 Å². The standard InChI is InChI=1S/C13H11ClN2OS/c1-7-11(15)10(6-18-13(7)16)12(17)8-2-4-9(14)5-3-8/h2-6,16H,15H2,1H3. The second-order valence-electron chi connectivity index (χ2n) is 3.85. The molecule has 0 aliphatic rings. The zero-order valence-corrected chi connectivity index (χ0v) is 11.2. The van der Waals surface area contributed by atoms with E-state index in [1.54, 1.807) is 36.6 Å². The monoisotopic (exact) mass is 278 g/mol. The van der Waals surface area contributed by atoms with E-state index in [1.807, 2.05) is 0 Å². The van der Waals surface area contributed by atoms with Gasteiger partial charge in [-0.3, -0.25) is 10.2 Å². The molecule has 18 heavy (non-hydrogen) atoms. The van der Waals surface area contributed by atoms with E-state index in [0.29, 0.717) is 32.1 Å². The van der Waals surface area contributed by atoms with Crippen LogP contribution in [0.25, 0.3) is 0 Å². The van der Waals surface area contributed by atoms with E-state index in [2.05, 4.69) is 0 Å². The van der Waals surface area contributed by atoms with Crippen LogP contribution in [0.1, 0.15) is 21.5 Å². The number of hydrogen-bond donors (Lipinski definition) is 2. The highest BCUT2D eigenvalue weighted by molar-refractivity contribution is 7.07. The molecule has 0 unspecified atom stereocenters. The predicted octanol–water partition coefficient (Wildman–Crippen LogP) is 3.00. The van der Waals surface area contributed by atoms with Crippen molar-refractivity contribution in [1.29, 1.82) is 5.41 Å². The fraction of sp³-hybridized carbons (Fsp3) is 0.0769. The molecule has 0 saturated carbocycles. The SMILES string of the molecule is Cc1c(N)c(C(=O)c2ccc(Cl)cc2)csc1=N. The van der Waals surface area contributed by atoms with Gasteiger partial charge >= 0.3 is 0 Å². The summed E-state index contributed by atoms with van der Waals surface area (Å²) in [5.41, 5.74) is 7.88. The van der Waals surface area contributed by atoms with Crippen molar-refractivity contribution in [2.24, 2.45) is 0 Å². The summed E-state index contributed by atoms with van der Waals surface area (Å²) in [7, 11) is 0. The molecule has 2 aromatic rings. The third kappa shape index (κ3) is 2.30. The second kappa shape index (κ2) is 4.92. The summed E-state index contributed by atoms with van der Waals surface area (Å²) in [5.74, 6) is -0.150. The van der Waals surface area contributed by atoms with E-state index in [1.165, 1.54) is 11.3 Å². The first-order valence-corrected chi connectivity index (χ1v) is 6.49. The van der Waals surface area contributed by atoms with E-state index < -0.39 is 0 Å². The minimum atomic E-state index is -0.150. The van der Waals surface area contributed by atoms with Gasteiger partial charge in [-0.1, -0.05) is 11.6 Å². The molecule has 1 aromatic heterocycles. The number of carbonyl (C=O) groups excluding carboxylic acids is 1. The highest BCUT2D eigenvalue weighted by atomic mass is 35.5. The summed E-state index contributed by atoms with van der Waals surface area (Å²) in [4.78, 5) is 12.3. The summed E-state index contributed by atoms with van der Waals surface area (Å²) >= 11 is 6.98. The first-order chi connectivity index (χ1) is 8.50. The number of rotatable bonds is 2. The van der Waals surface area contributed by atoms with Gasteiger partial charge in [0.1, 0.15) is 4.67 Å². The smallest absolute Gasteiger partial charge is 0.195 e. The predicted molar refractivity (Wildman–Crippen MR) is 74.2 cm³/mol. The van der Waals surface area contributed by atoms with E-state index in [4.69, 9.17) is 22.7 Å². The van der Waals surface area contributed by atoms with Crippen LogP contribution in [0.5, 0.6) is 0 Å². The van der Waals surface area contributed by atoms with Gasteiger partial charge in [-0.25, -0.2) is 0 Å². The van der Waals surface area contributed by atoms with Crippen LogP contribution in [0.3, 0.4) is 0 Å². The molecule has 2 rings (SSSR count). The Kier molecular flexibility index (Phi) is 3.50. The molecule has 0 spiro atoms. The minimum Gasteiger partial charge on any atom is -0.398 e. The van der Waals surface area contributed by atoms with Crippen molar-refractivity contribution in [2.45, 2.75) is 6.92 Å². The highest BCUT2D eigenvalue weighted by Gasteiger charge is 2.14. The fourth-order valence-corrected chi connectivity index (χ4v) is 2.41. The molecule has 3 nitrogen and oxygen atoms in total. The van der Waals surface area contributed by atoms with Gasteiger partial charge in [0.2, 0.25) is 0 Å². The third-order valence-corrected chi connectivity index (χ3v) is 3.83. The maximum atomic E-state index is 12.3. The molecule has 1 aromatic carbocycles. The van der Waals surface area contributed by atoms with Crippen LogP contribution < -0.4 is 10.4 Å². The van der Waals surface area contributed by atoms with Crippen LogP contribution in [-0.4, -0.2) is 5.78 Å². The van der Waals surface area contributed by atoms with Gasteiger partial charge in [0.25, 0.3) is 0 Å². The summed E-state index contributed by atoms with van der Waals surface area (Å²) in [6, 6.07) is 6.66. The summed E-state index contributed by atoms with van der Waals surface area (Å²) < 4.78 is 0.375. The molecule has 0 amide bonds. The van der Waals surface area contributed by atoms with Gasteiger partial charge in [-0.15, -0.1) is 11.3 Å². The molecular formula is C13H11ClN2OS. The Balaban J connectivity index is 2.50. The van der Waals surface area contributed by atoms with Gasteiger partial charge in [-0.2, -0.15) is 0 Å². The lowest BCUT2D eigenvalue weighted by atomic mass is 10.0. The summed E-state index contributed by atoms with van der Waals surface area (Å²) in [5, 5.41) is 9.85. The molecule has 0 aliphatic carbocycles. The average Bonchev–Trinajstić information content (AvgIpc) is 2.36. The van der Waals surface area contributed by atoms with Crippen molar-refractivity contribution in [1.82, 2.24) is 0 Å². The van der Waals surface area contributed by atoms with Gasteiger partial charge in [-0.05, 0) is 31.2 Å². The molecular weight excluding hydrogens is 268 g/mol. The Labute approximate surface area is 113 Å². The molecule has 92 valence electrons. The van der Waals surface area contributed by atoms with Crippen molar-refractivity contribution < 1.29 is 4.79 Å².